The quantitative estimate of drug-likeness (QED) is 0.757. The molecule has 0 fully saturated rings. The summed E-state index contributed by atoms with van der Waals surface area (Å²) in [5.74, 6) is 0. The number of nitrogens with one attached hydrogen (secondary N) is 1. The van der Waals surface area contributed by atoms with Gasteiger partial charge in [0, 0.05) is 19.6 Å². The van der Waals surface area contributed by atoms with Crippen molar-refractivity contribution in [1.82, 2.24) is 10.2 Å². The standard InChI is InChI=1S/C13H17N3OS/c14-7-4-8-16(9-10-17)13(18)15-11-12-5-2-1-3-6-12/h1-3,5-6,17H,4,8-11H2,(H,15,18). The van der Waals surface area contributed by atoms with E-state index in [4.69, 9.17) is 22.6 Å². The fourth-order valence-corrected chi connectivity index (χ4v) is 1.76. The molecule has 1 rings (SSSR count). The molecule has 96 valence electrons. The first-order chi connectivity index (χ1) is 8.77. The van der Waals surface area contributed by atoms with Gasteiger partial charge in [0.1, 0.15) is 0 Å². The summed E-state index contributed by atoms with van der Waals surface area (Å²) in [7, 11) is 0. The van der Waals surface area contributed by atoms with Gasteiger partial charge < -0.3 is 15.3 Å². The fourth-order valence-electron chi connectivity index (χ4n) is 1.51. The predicted molar refractivity (Wildman–Crippen MR) is 74.8 cm³/mol. The maximum absolute atomic E-state index is 8.96. The van der Waals surface area contributed by atoms with Gasteiger partial charge in [-0.3, -0.25) is 0 Å². The minimum atomic E-state index is 0.0264. The van der Waals surface area contributed by atoms with Crippen LogP contribution in [0.5, 0.6) is 0 Å². The normalized spacial score (nSPS) is 9.56. The second kappa shape index (κ2) is 8.45. The van der Waals surface area contributed by atoms with E-state index in [1.54, 1.807) is 0 Å². The van der Waals surface area contributed by atoms with Crippen molar-refractivity contribution in [2.45, 2.75) is 13.0 Å². The highest BCUT2D eigenvalue weighted by molar-refractivity contribution is 7.80. The Hall–Kier alpha value is -1.64. The van der Waals surface area contributed by atoms with Crippen LogP contribution >= 0.6 is 12.2 Å². The molecule has 0 saturated heterocycles. The van der Waals surface area contributed by atoms with Crippen LogP contribution in [0.1, 0.15) is 12.0 Å². The van der Waals surface area contributed by atoms with E-state index in [1.807, 2.05) is 35.2 Å². The van der Waals surface area contributed by atoms with Crippen molar-refractivity contribution in [1.29, 1.82) is 5.26 Å². The second-order valence-corrected chi connectivity index (χ2v) is 4.15. The average molecular weight is 263 g/mol. The van der Waals surface area contributed by atoms with Gasteiger partial charge in [-0.25, -0.2) is 0 Å². The van der Waals surface area contributed by atoms with Gasteiger partial charge in [0.25, 0.3) is 0 Å². The van der Waals surface area contributed by atoms with Crippen molar-refractivity contribution in [2.75, 3.05) is 19.7 Å². The Morgan fingerprint density at radius 3 is 2.67 bits per heavy atom. The Balaban J connectivity index is 2.43. The number of hydrogen-bond donors (Lipinski definition) is 2. The van der Waals surface area contributed by atoms with Crippen molar-refractivity contribution in [3.63, 3.8) is 0 Å². The molecular weight excluding hydrogens is 246 g/mol. The summed E-state index contributed by atoms with van der Waals surface area (Å²) in [6, 6.07) is 12.0. The average Bonchev–Trinajstić information content (AvgIpc) is 2.42. The van der Waals surface area contributed by atoms with Crippen molar-refractivity contribution < 1.29 is 5.11 Å². The molecule has 0 heterocycles. The Morgan fingerprint density at radius 1 is 1.33 bits per heavy atom. The van der Waals surface area contributed by atoms with E-state index >= 15 is 0 Å². The summed E-state index contributed by atoms with van der Waals surface area (Å²) in [6.45, 7) is 1.66. The summed E-state index contributed by atoms with van der Waals surface area (Å²) in [6.07, 6.45) is 0.396. The molecule has 0 atom stereocenters. The van der Waals surface area contributed by atoms with Crippen LogP contribution in [0.4, 0.5) is 0 Å². The van der Waals surface area contributed by atoms with Crippen LogP contribution in [0.25, 0.3) is 0 Å². The third kappa shape index (κ3) is 5.13. The van der Waals surface area contributed by atoms with Crippen molar-refractivity contribution >= 4 is 17.3 Å². The molecule has 2 N–H and O–H groups in total. The van der Waals surface area contributed by atoms with Crippen molar-refractivity contribution in [3.05, 3.63) is 35.9 Å². The number of hydrogen-bond acceptors (Lipinski definition) is 3. The zero-order chi connectivity index (χ0) is 13.2. The van der Waals surface area contributed by atoms with Gasteiger partial charge in [0.2, 0.25) is 0 Å². The van der Waals surface area contributed by atoms with Gasteiger partial charge >= 0.3 is 0 Å². The van der Waals surface area contributed by atoms with E-state index in [0.29, 0.717) is 31.2 Å². The van der Waals surface area contributed by atoms with Crippen LogP contribution < -0.4 is 5.32 Å². The van der Waals surface area contributed by atoms with Crippen molar-refractivity contribution in [2.24, 2.45) is 0 Å². The lowest BCUT2D eigenvalue weighted by atomic mass is 10.2. The van der Waals surface area contributed by atoms with Crippen LogP contribution in [0.2, 0.25) is 0 Å². The lowest BCUT2D eigenvalue weighted by Gasteiger charge is -2.24. The molecule has 0 aliphatic rings. The zero-order valence-corrected chi connectivity index (χ0v) is 11.0. The topological polar surface area (TPSA) is 59.3 Å². The maximum atomic E-state index is 8.96. The minimum Gasteiger partial charge on any atom is -0.395 e. The largest absolute Gasteiger partial charge is 0.395 e. The first kappa shape index (κ1) is 14.4. The highest BCUT2D eigenvalue weighted by Gasteiger charge is 2.07. The molecule has 18 heavy (non-hydrogen) atoms. The number of nitriles is 1. The molecule has 0 aliphatic heterocycles. The highest BCUT2D eigenvalue weighted by atomic mass is 32.1. The predicted octanol–water partition coefficient (Wildman–Crippen LogP) is 1.27. The van der Waals surface area contributed by atoms with Crippen LogP contribution in [0.15, 0.2) is 30.3 Å². The number of benzene rings is 1. The van der Waals surface area contributed by atoms with Gasteiger partial charge in [-0.15, -0.1) is 0 Å². The first-order valence-corrected chi connectivity index (χ1v) is 6.23. The molecule has 5 heteroatoms. The summed E-state index contributed by atoms with van der Waals surface area (Å²) in [4.78, 5) is 1.81. The van der Waals surface area contributed by atoms with Crippen LogP contribution in [0, 0.1) is 11.3 Å². The molecular formula is C13H17N3OS. The fraction of sp³-hybridized carbons (Fsp3) is 0.385. The maximum Gasteiger partial charge on any atom is 0.169 e. The van der Waals surface area contributed by atoms with Gasteiger partial charge in [-0.1, -0.05) is 30.3 Å². The number of nitrogens with zero attached hydrogens (tertiary/aromatic N) is 2. The summed E-state index contributed by atoms with van der Waals surface area (Å²) < 4.78 is 0. The molecule has 4 nitrogen and oxygen atoms in total. The number of rotatable bonds is 6. The third-order valence-electron chi connectivity index (χ3n) is 2.44. The van der Waals surface area contributed by atoms with Crippen molar-refractivity contribution in [3.8, 4) is 6.07 Å². The number of aliphatic hydroxyl groups excluding tert-OH is 1. The first-order valence-electron chi connectivity index (χ1n) is 5.82. The Morgan fingerprint density at radius 2 is 2.06 bits per heavy atom. The molecule has 0 spiro atoms. The van der Waals surface area contributed by atoms with Crippen LogP contribution in [-0.4, -0.2) is 34.8 Å². The van der Waals surface area contributed by atoms with E-state index < -0.39 is 0 Å². The van der Waals surface area contributed by atoms with Gasteiger partial charge in [0.15, 0.2) is 5.11 Å². The van der Waals surface area contributed by atoms with Crippen LogP contribution in [0.3, 0.4) is 0 Å². The SMILES string of the molecule is N#CCCN(CCO)C(=S)NCc1ccccc1. The molecule has 0 unspecified atom stereocenters. The molecule has 0 saturated carbocycles. The zero-order valence-electron chi connectivity index (χ0n) is 10.2. The molecule has 0 amide bonds. The highest BCUT2D eigenvalue weighted by Crippen LogP contribution is 1.99. The summed E-state index contributed by atoms with van der Waals surface area (Å²) in [5, 5.41) is 21.2. The van der Waals surface area contributed by atoms with E-state index in [2.05, 4.69) is 11.4 Å². The van der Waals surface area contributed by atoms with Gasteiger partial charge in [-0.05, 0) is 17.8 Å². The molecule has 0 aliphatic carbocycles. The third-order valence-corrected chi connectivity index (χ3v) is 2.84. The molecule has 0 aromatic heterocycles. The van der Waals surface area contributed by atoms with Gasteiger partial charge in [0.05, 0.1) is 19.1 Å². The monoisotopic (exact) mass is 263 g/mol. The number of aliphatic hydroxyl groups is 1. The molecule has 0 radical (unpaired) electrons. The smallest absolute Gasteiger partial charge is 0.169 e. The van der Waals surface area contributed by atoms with E-state index in [-0.39, 0.29) is 6.61 Å². The Kier molecular flexibility index (Phi) is 6.77. The number of thiocarbonyl (C=S) groups is 1. The molecule has 1 aromatic rings. The van der Waals surface area contributed by atoms with Gasteiger partial charge in [-0.2, -0.15) is 5.26 Å². The van der Waals surface area contributed by atoms with E-state index in [0.717, 1.165) is 5.56 Å². The molecule has 1 aromatic carbocycles. The lowest BCUT2D eigenvalue weighted by molar-refractivity contribution is 0.250. The Labute approximate surface area is 113 Å². The van der Waals surface area contributed by atoms with Crippen LogP contribution in [-0.2, 0) is 6.54 Å². The second-order valence-electron chi connectivity index (χ2n) is 3.76. The van der Waals surface area contributed by atoms with E-state index in [1.165, 1.54) is 0 Å². The summed E-state index contributed by atoms with van der Waals surface area (Å²) in [5.41, 5.74) is 1.14. The Bertz CT molecular complexity index is 402. The minimum absolute atomic E-state index is 0.0264. The van der Waals surface area contributed by atoms with E-state index in [9.17, 15) is 0 Å². The molecule has 0 bridgehead atoms. The lowest BCUT2D eigenvalue weighted by Crippen LogP contribution is -2.41. The summed E-state index contributed by atoms with van der Waals surface area (Å²) >= 11 is 5.25.